The van der Waals surface area contributed by atoms with E-state index in [-0.39, 0.29) is 17.6 Å². The topological polar surface area (TPSA) is 54.5 Å². The summed E-state index contributed by atoms with van der Waals surface area (Å²) in [5.41, 5.74) is 3.04. The molecule has 4 atom stereocenters. The summed E-state index contributed by atoms with van der Waals surface area (Å²) in [5, 5.41) is 3.18. The molecule has 1 spiro atoms. The van der Waals surface area contributed by atoms with Crippen LogP contribution in [0.15, 0.2) is 42.6 Å². The summed E-state index contributed by atoms with van der Waals surface area (Å²) in [6, 6.07) is 12.0. The third-order valence-electron chi connectivity index (χ3n) is 7.02. The lowest BCUT2D eigenvalue weighted by atomic mass is 9.73. The highest BCUT2D eigenvalue weighted by atomic mass is 16.5. The molecule has 146 valence electrons. The van der Waals surface area contributed by atoms with Crippen LogP contribution in [0.25, 0.3) is 0 Å². The number of amides is 1. The lowest BCUT2D eigenvalue weighted by molar-refractivity contribution is 0.0141. The van der Waals surface area contributed by atoms with Crippen LogP contribution < -0.4 is 10.2 Å². The lowest BCUT2D eigenvalue weighted by Gasteiger charge is -2.29. The minimum absolute atomic E-state index is 0.0134. The molecule has 2 bridgehead atoms. The van der Waals surface area contributed by atoms with E-state index < -0.39 is 0 Å². The molecule has 1 N–H and O–H groups in total. The van der Waals surface area contributed by atoms with Gasteiger partial charge in [-0.05, 0) is 62.1 Å². The van der Waals surface area contributed by atoms with E-state index in [0.717, 1.165) is 42.9 Å². The van der Waals surface area contributed by atoms with Gasteiger partial charge in [0, 0.05) is 43.2 Å². The first-order chi connectivity index (χ1) is 13.6. The number of benzene rings is 1. The molecule has 5 nitrogen and oxygen atoms in total. The summed E-state index contributed by atoms with van der Waals surface area (Å²) in [4.78, 5) is 19.5. The Kier molecular flexibility index (Phi) is 4.16. The first-order valence-corrected chi connectivity index (χ1v) is 10.2. The Labute approximate surface area is 166 Å². The third kappa shape index (κ3) is 2.80. The predicted octanol–water partition coefficient (Wildman–Crippen LogP) is 3.11. The molecule has 1 aromatic heterocycles. The molecule has 4 heterocycles. The maximum atomic E-state index is 12.7. The van der Waals surface area contributed by atoms with Gasteiger partial charge in [0.15, 0.2) is 0 Å². The van der Waals surface area contributed by atoms with Crippen molar-refractivity contribution in [2.75, 3.05) is 24.5 Å². The van der Waals surface area contributed by atoms with Gasteiger partial charge in [0.05, 0.1) is 11.7 Å². The predicted molar refractivity (Wildman–Crippen MR) is 109 cm³/mol. The quantitative estimate of drug-likeness (QED) is 0.890. The van der Waals surface area contributed by atoms with Crippen molar-refractivity contribution in [1.82, 2.24) is 10.3 Å². The Bertz CT molecular complexity index is 900. The van der Waals surface area contributed by atoms with Crippen molar-refractivity contribution in [3.8, 4) is 0 Å². The molecule has 1 aromatic carbocycles. The molecule has 5 rings (SSSR count). The molecule has 0 saturated carbocycles. The van der Waals surface area contributed by atoms with Crippen LogP contribution in [-0.4, -0.2) is 42.2 Å². The molecular formula is C23H27N3O2. The van der Waals surface area contributed by atoms with E-state index in [4.69, 9.17) is 4.74 Å². The number of aromatic nitrogens is 1. The van der Waals surface area contributed by atoms with E-state index in [1.54, 1.807) is 0 Å². The first kappa shape index (κ1) is 17.7. The van der Waals surface area contributed by atoms with Crippen LogP contribution in [0.3, 0.4) is 0 Å². The Morgan fingerprint density at radius 2 is 2.18 bits per heavy atom. The summed E-state index contributed by atoms with van der Waals surface area (Å²) in [6.45, 7) is 6.66. The summed E-state index contributed by atoms with van der Waals surface area (Å²) in [5.74, 6) is 1.86. The van der Waals surface area contributed by atoms with Gasteiger partial charge < -0.3 is 15.0 Å². The van der Waals surface area contributed by atoms with E-state index >= 15 is 0 Å². The van der Waals surface area contributed by atoms with Gasteiger partial charge in [-0.1, -0.05) is 12.1 Å². The fourth-order valence-corrected chi connectivity index (χ4v) is 5.37. The van der Waals surface area contributed by atoms with E-state index in [1.165, 1.54) is 5.56 Å². The summed E-state index contributed by atoms with van der Waals surface area (Å²) >= 11 is 0. The number of nitrogens with zero attached hydrogens (tertiary/aromatic N) is 2. The monoisotopic (exact) mass is 377 g/mol. The van der Waals surface area contributed by atoms with Crippen molar-refractivity contribution in [2.24, 2.45) is 11.8 Å². The fourth-order valence-electron chi connectivity index (χ4n) is 5.37. The van der Waals surface area contributed by atoms with Crippen molar-refractivity contribution in [3.63, 3.8) is 0 Å². The number of rotatable bonds is 4. The van der Waals surface area contributed by atoms with E-state index in [9.17, 15) is 4.79 Å². The molecule has 5 heteroatoms. The Balaban J connectivity index is 1.29. The van der Waals surface area contributed by atoms with Crippen LogP contribution in [0.5, 0.6) is 0 Å². The maximum absolute atomic E-state index is 12.7. The summed E-state index contributed by atoms with van der Waals surface area (Å²) in [6.07, 6.45) is 4.33. The highest BCUT2D eigenvalue weighted by Gasteiger charge is 2.63. The molecule has 3 saturated heterocycles. The van der Waals surface area contributed by atoms with Crippen LogP contribution in [0.1, 0.15) is 34.3 Å². The van der Waals surface area contributed by atoms with E-state index in [1.807, 2.05) is 43.5 Å². The highest BCUT2D eigenvalue weighted by Crippen LogP contribution is 2.55. The number of pyridine rings is 1. The van der Waals surface area contributed by atoms with Gasteiger partial charge in [0.2, 0.25) is 0 Å². The van der Waals surface area contributed by atoms with Crippen molar-refractivity contribution >= 4 is 11.7 Å². The minimum Gasteiger partial charge on any atom is -0.369 e. The number of hydrogen-bond acceptors (Lipinski definition) is 4. The third-order valence-corrected chi connectivity index (χ3v) is 7.02. The number of hydrogen-bond donors (Lipinski definition) is 1. The normalized spacial score (nSPS) is 30.5. The molecule has 0 unspecified atom stereocenters. The first-order valence-electron chi connectivity index (χ1n) is 10.2. The molecule has 2 aromatic rings. The van der Waals surface area contributed by atoms with Gasteiger partial charge in [-0.25, -0.2) is 4.98 Å². The van der Waals surface area contributed by atoms with E-state index in [0.29, 0.717) is 18.4 Å². The molecule has 28 heavy (non-hydrogen) atoms. The van der Waals surface area contributed by atoms with E-state index in [2.05, 4.69) is 28.2 Å². The maximum Gasteiger partial charge on any atom is 0.251 e. The SMILES string of the molecule is Cc1ccc(C(=O)NC[C@H]2[C@H]3CN(c4ccccn4)C[C@]34CC[C@H]2O4)cc1C. The Morgan fingerprint density at radius 3 is 2.96 bits per heavy atom. The van der Waals surface area contributed by atoms with Crippen molar-refractivity contribution < 1.29 is 9.53 Å². The number of carbonyl (C=O) groups is 1. The number of carbonyl (C=O) groups excluding carboxylic acids is 1. The summed E-state index contributed by atoms with van der Waals surface area (Å²) < 4.78 is 6.50. The van der Waals surface area contributed by atoms with Crippen LogP contribution in [-0.2, 0) is 4.74 Å². The molecular weight excluding hydrogens is 350 g/mol. The van der Waals surface area contributed by atoms with Crippen molar-refractivity contribution in [1.29, 1.82) is 0 Å². The number of anilines is 1. The Hall–Kier alpha value is -2.40. The fraction of sp³-hybridized carbons (Fsp3) is 0.478. The number of aryl methyl sites for hydroxylation is 2. The van der Waals surface area contributed by atoms with Gasteiger partial charge in [-0.15, -0.1) is 0 Å². The molecule has 1 amide bonds. The average Bonchev–Trinajstić information content (AvgIpc) is 3.37. The van der Waals surface area contributed by atoms with Crippen molar-refractivity contribution in [3.05, 3.63) is 59.3 Å². The second-order valence-corrected chi connectivity index (χ2v) is 8.61. The highest BCUT2D eigenvalue weighted by molar-refractivity contribution is 5.94. The lowest BCUT2D eigenvalue weighted by Crippen LogP contribution is -2.41. The van der Waals surface area contributed by atoms with Crippen molar-refractivity contribution in [2.45, 2.75) is 38.4 Å². The molecule has 3 aliphatic rings. The number of ether oxygens (including phenoxy) is 1. The van der Waals surface area contributed by atoms with Gasteiger partial charge in [-0.3, -0.25) is 4.79 Å². The van der Waals surface area contributed by atoms with Gasteiger partial charge in [0.25, 0.3) is 5.91 Å². The van der Waals surface area contributed by atoms with Crippen LogP contribution in [0.2, 0.25) is 0 Å². The second kappa shape index (κ2) is 6.59. The zero-order chi connectivity index (χ0) is 19.3. The second-order valence-electron chi connectivity index (χ2n) is 8.61. The Morgan fingerprint density at radius 1 is 1.29 bits per heavy atom. The van der Waals surface area contributed by atoms with Gasteiger partial charge >= 0.3 is 0 Å². The molecule has 3 aliphatic heterocycles. The minimum atomic E-state index is -0.0575. The van der Waals surface area contributed by atoms with Gasteiger partial charge in [-0.2, -0.15) is 0 Å². The largest absolute Gasteiger partial charge is 0.369 e. The average molecular weight is 377 g/mol. The smallest absolute Gasteiger partial charge is 0.251 e. The molecule has 0 radical (unpaired) electrons. The zero-order valence-electron chi connectivity index (χ0n) is 16.5. The molecule has 0 aliphatic carbocycles. The molecule has 3 fully saturated rings. The number of fused-ring (bicyclic) bond motifs is 1. The van der Waals surface area contributed by atoms with Crippen LogP contribution >= 0.6 is 0 Å². The van der Waals surface area contributed by atoms with Crippen LogP contribution in [0, 0.1) is 25.7 Å². The number of nitrogens with one attached hydrogen (secondary N) is 1. The van der Waals surface area contributed by atoms with Gasteiger partial charge in [0.1, 0.15) is 5.82 Å². The summed E-state index contributed by atoms with van der Waals surface area (Å²) in [7, 11) is 0. The standard InChI is InChI=1S/C23H27N3O2/c1-15-6-7-17(11-16(15)2)22(27)25-12-18-19-13-26(21-5-3-4-10-24-21)14-23(19)9-8-20(18)28-23/h3-7,10-11,18-20H,8-9,12-14H2,1-2H3,(H,25,27)/t18-,19+,20+,23+/m0/s1. The zero-order valence-corrected chi connectivity index (χ0v) is 16.5. The van der Waals surface area contributed by atoms with Crippen LogP contribution in [0.4, 0.5) is 5.82 Å².